The molecule has 0 aliphatic carbocycles. The van der Waals surface area contributed by atoms with Crippen LogP contribution in [-0.4, -0.2) is 70.0 Å². The topological polar surface area (TPSA) is 76.2 Å². The van der Waals surface area contributed by atoms with E-state index >= 15 is 0 Å². The third-order valence-corrected chi connectivity index (χ3v) is 7.08. The molecule has 2 saturated heterocycles. The molecule has 1 N–H and O–H groups in total. The Balaban J connectivity index is 1.59. The van der Waals surface area contributed by atoms with Crippen LogP contribution in [0.15, 0.2) is 48.5 Å². The third-order valence-electron chi connectivity index (χ3n) is 6.85. The first-order valence-electron chi connectivity index (χ1n) is 12.7. The van der Waals surface area contributed by atoms with Gasteiger partial charge in [-0.05, 0) is 41.8 Å². The minimum Gasteiger partial charge on any atom is -0.333 e. The van der Waals surface area contributed by atoms with Crippen LogP contribution >= 0.6 is 11.6 Å². The number of benzene rings is 2. The van der Waals surface area contributed by atoms with Crippen LogP contribution in [0.4, 0.5) is 9.18 Å². The van der Waals surface area contributed by atoms with Crippen LogP contribution in [0.2, 0.25) is 5.02 Å². The molecule has 0 radical (unpaired) electrons. The quantitative estimate of drug-likeness (QED) is 0.525. The van der Waals surface area contributed by atoms with Crippen molar-refractivity contribution >= 4 is 29.4 Å². The van der Waals surface area contributed by atoms with E-state index in [1.54, 1.807) is 40.1 Å². The van der Waals surface area contributed by atoms with E-state index < -0.39 is 18.2 Å². The molecule has 4 amide bonds. The second-order valence-electron chi connectivity index (χ2n) is 9.59. The molecule has 2 heterocycles. The normalized spacial score (nSPS) is 20.3. The highest BCUT2D eigenvalue weighted by Crippen LogP contribution is 2.29. The smallest absolute Gasteiger partial charge is 0.333 e. The number of nitrogens with one attached hydrogen (secondary N) is 1. The number of urea groups is 1. The molecule has 8 nitrogen and oxygen atoms in total. The molecule has 0 aromatic heterocycles. The number of hydrazine groups is 1. The van der Waals surface area contributed by atoms with Crippen molar-refractivity contribution in [3.8, 4) is 0 Å². The second kappa shape index (κ2) is 11.9. The van der Waals surface area contributed by atoms with E-state index in [0.717, 1.165) is 30.4 Å². The lowest BCUT2D eigenvalue weighted by atomic mass is 10.00. The molecule has 2 aromatic carbocycles. The summed E-state index contributed by atoms with van der Waals surface area (Å²) in [5.74, 6) is -0.634. The third kappa shape index (κ3) is 6.22. The standard InChI is InChI=1S/C27H33ClFN5O3/c1-3-4-5-9-23-26(36)32(16-20-7-6-8-21(28)14-20)17-24-33(23)25(35)18-31(2)34(24)27(37)30-15-19-10-12-22(29)13-11-19/h6-8,10-14,23-24H,3-5,9,15-18H2,1-2H3,(H,30,37)/t23-,24-/m0/s1. The van der Waals surface area contributed by atoms with Gasteiger partial charge in [-0.15, -0.1) is 0 Å². The predicted octanol–water partition coefficient (Wildman–Crippen LogP) is 4.00. The Kier molecular flexibility index (Phi) is 8.66. The number of halogens is 2. The van der Waals surface area contributed by atoms with Crippen molar-refractivity contribution in [2.75, 3.05) is 20.1 Å². The first-order valence-corrected chi connectivity index (χ1v) is 13.0. The fourth-order valence-corrected chi connectivity index (χ4v) is 5.24. The molecule has 198 valence electrons. The summed E-state index contributed by atoms with van der Waals surface area (Å²) in [5.41, 5.74) is 1.63. The highest BCUT2D eigenvalue weighted by atomic mass is 35.5. The van der Waals surface area contributed by atoms with Gasteiger partial charge in [0, 0.05) is 25.2 Å². The van der Waals surface area contributed by atoms with E-state index in [2.05, 4.69) is 12.2 Å². The van der Waals surface area contributed by atoms with Gasteiger partial charge in [0.25, 0.3) is 0 Å². The van der Waals surface area contributed by atoms with Gasteiger partial charge >= 0.3 is 6.03 Å². The van der Waals surface area contributed by atoms with Crippen molar-refractivity contribution in [1.29, 1.82) is 0 Å². The highest BCUT2D eigenvalue weighted by Gasteiger charge is 2.50. The van der Waals surface area contributed by atoms with Crippen molar-refractivity contribution in [2.24, 2.45) is 0 Å². The Morgan fingerprint density at radius 1 is 1.11 bits per heavy atom. The van der Waals surface area contributed by atoms with E-state index in [0.29, 0.717) is 18.0 Å². The predicted molar refractivity (Wildman–Crippen MR) is 139 cm³/mol. The molecule has 37 heavy (non-hydrogen) atoms. The van der Waals surface area contributed by atoms with Crippen molar-refractivity contribution in [1.82, 2.24) is 25.1 Å². The zero-order valence-electron chi connectivity index (χ0n) is 21.2. The number of carbonyl (C=O) groups excluding carboxylic acids is 3. The number of hydrogen-bond acceptors (Lipinski definition) is 4. The molecule has 0 saturated carbocycles. The summed E-state index contributed by atoms with van der Waals surface area (Å²) in [7, 11) is 1.69. The van der Waals surface area contributed by atoms with Crippen LogP contribution in [0.25, 0.3) is 0 Å². The Hall–Kier alpha value is -3.17. The van der Waals surface area contributed by atoms with Gasteiger partial charge in [-0.2, -0.15) is 0 Å². The van der Waals surface area contributed by atoms with Gasteiger partial charge in [0.15, 0.2) is 0 Å². The molecule has 2 fully saturated rings. The molecule has 0 unspecified atom stereocenters. The summed E-state index contributed by atoms with van der Waals surface area (Å²) in [4.78, 5) is 43.6. The number of fused-ring (bicyclic) bond motifs is 1. The molecule has 10 heteroatoms. The largest absolute Gasteiger partial charge is 0.334 e. The number of hydrogen-bond donors (Lipinski definition) is 1. The minimum atomic E-state index is -0.650. The van der Waals surface area contributed by atoms with Gasteiger partial charge in [-0.3, -0.25) is 9.59 Å². The van der Waals surface area contributed by atoms with Gasteiger partial charge < -0.3 is 15.1 Å². The summed E-state index contributed by atoms with van der Waals surface area (Å²) in [6, 6.07) is 12.2. The SMILES string of the molecule is CCCCC[C@H]1C(=O)N(Cc2cccc(Cl)c2)C[C@H]2N1C(=O)CN(C)N2C(=O)NCc1ccc(F)cc1. The van der Waals surface area contributed by atoms with Crippen molar-refractivity contribution in [3.63, 3.8) is 0 Å². The van der Waals surface area contributed by atoms with Crippen LogP contribution in [0.1, 0.15) is 43.7 Å². The van der Waals surface area contributed by atoms with Crippen LogP contribution < -0.4 is 5.32 Å². The molecule has 2 aliphatic heterocycles. The summed E-state index contributed by atoms with van der Waals surface area (Å²) in [6.07, 6.45) is 2.64. The van der Waals surface area contributed by atoms with Crippen LogP contribution in [0.5, 0.6) is 0 Å². The lowest BCUT2D eigenvalue weighted by molar-refractivity contribution is -0.188. The lowest BCUT2D eigenvalue weighted by Gasteiger charge is -2.54. The Labute approximate surface area is 221 Å². The van der Waals surface area contributed by atoms with Gasteiger partial charge in [0.1, 0.15) is 18.0 Å². The van der Waals surface area contributed by atoms with Crippen LogP contribution in [0.3, 0.4) is 0 Å². The fourth-order valence-electron chi connectivity index (χ4n) is 5.03. The van der Waals surface area contributed by atoms with Gasteiger partial charge in [-0.25, -0.2) is 19.2 Å². The Morgan fingerprint density at radius 2 is 1.86 bits per heavy atom. The average Bonchev–Trinajstić information content (AvgIpc) is 2.86. The van der Waals surface area contributed by atoms with Crippen molar-refractivity contribution in [2.45, 2.75) is 57.9 Å². The summed E-state index contributed by atoms with van der Waals surface area (Å²) >= 11 is 6.17. The number of rotatable bonds is 8. The maximum absolute atomic E-state index is 13.6. The van der Waals surface area contributed by atoms with E-state index in [1.165, 1.54) is 17.1 Å². The zero-order valence-corrected chi connectivity index (χ0v) is 22.0. The number of carbonyl (C=O) groups is 3. The van der Waals surface area contributed by atoms with E-state index in [9.17, 15) is 18.8 Å². The Morgan fingerprint density at radius 3 is 2.57 bits per heavy atom. The highest BCUT2D eigenvalue weighted by molar-refractivity contribution is 6.30. The molecule has 4 rings (SSSR count). The van der Waals surface area contributed by atoms with E-state index in [4.69, 9.17) is 11.6 Å². The van der Waals surface area contributed by atoms with Crippen molar-refractivity contribution < 1.29 is 18.8 Å². The first-order chi connectivity index (χ1) is 17.8. The second-order valence-corrected chi connectivity index (χ2v) is 10.0. The molecule has 2 aliphatic rings. The average molecular weight is 530 g/mol. The van der Waals surface area contributed by atoms with E-state index in [1.807, 2.05) is 18.2 Å². The van der Waals surface area contributed by atoms with Crippen LogP contribution in [0, 0.1) is 5.82 Å². The van der Waals surface area contributed by atoms with Gasteiger partial charge in [-0.1, -0.05) is 62.1 Å². The van der Waals surface area contributed by atoms with Crippen molar-refractivity contribution in [3.05, 3.63) is 70.5 Å². The van der Waals surface area contributed by atoms with Crippen LogP contribution in [-0.2, 0) is 22.7 Å². The maximum Gasteiger partial charge on any atom is 0.334 e. The molecular formula is C27H33ClFN5O3. The summed E-state index contributed by atoms with van der Waals surface area (Å²) < 4.78 is 13.3. The monoisotopic (exact) mass is 529 g/mol. The molecule has 0 spiro atoms. The number of amides is 4. The van der Waals surface area contributed by atoms with E-state index in [-0.39, 0.29) is 37.3 Å². The minimum absolute atomic E-state index is 0.00762. The molecule has 0 bridgehead atoms. The Bertz CT molecular complexity index is 1130. The molecule has 2 atom stereocenters. The summed E-state index contributed by atoms with van der Waals surface area (Å²) in [5, 5.41) is 6.58. The maximum atomic E-state index is 13.6. The van der Waals surface area contributed by atoms with Gasteiger partial charge in [0.05, 0.1) is 13.1 Å². The lowest BCUT2D eigenvalue weighted by Crippen LogP contribution is -2.75. The number of nitrogens with zero attached hydrogens (tertiary/aromatic N) is 4. The van der Waals surface area contributed by atoms with Gasteiger partial charge in [0.2, 0.25) is 11.8 Å². The summed E-state index contributed by atoms with van der Waals surface area (Å²) in [6.45, 7) is 2.79. The number of unbranched alkanes of at least 4 members (excludes halogenated alkanes) is 2. The zero-order chi connectivity index (χ0) is 26.5. The number of piperazine rings is 1. The molecular weight excluding hydrogens is 497 g/mol. The molecule has 2 aromatic rings. The number of likely N-dealkylation sites (N-methyl/N-ethyl adjacent to an activating group) is 1. The fraction of sp³-hybridized carbons (Fsp3) is 0.444. The first kappa shape index (κ1) is 26.9.